The Morgan fingerprint density at radius 2 is 1.50 bits per heavy atom. The van der Waals surface area contributed by atoms with Gasteiger partial charge in [-0.15, -0.1) is 0 Å². The van der Waals surface area contributed by atoms with Crippen molar-refractivity contribution in [1.82, 2.24) is 0 Å². The number of unbranched alkanes of at least 4 members (excludes halogenated alkanes) is 2. The molecule has 0 bridgehead atoms. The van der Waals surface area contributed by atoms with Gasteiger partial charge < -0.3 is 0 Å². The SMILES string of the molecule is CCCCCC1CCC(Cc2cc(F)c(-c3ccc(Cl)c(F)c3)c(F)c2)CC1. The van der Waals surface area contributed by atoms with Crippen molar-refractivity contribution >= 4 is 11.6 Å². The van der Waals surface area contributed by atoms with E-state index in [2.05, 4.69) is 6.92 Å². The summed E-state index contributed by atoms with van der Waals surface area (Å²) < 4.78 is 42.9. The van der Waals surface area contributed by atoms with E-state index in [4.69, 9.17) is 11.6 Å². The molecule has 0 amide bonds. The van der Waals surface area contributed by atoms with E-state index in [1.807, 2.05) is 0 Å². The maximum atomic E-state index is 14.6. The van der Waals surface area contributed by atoms with Gasteiger partial charge in [-0.3, -0.25) is 0 Å². The van der Waals surface area contributed by atoms with Crippen LogP contribution in [0.3, 0.4) is 0 Å². The van der Waals surface area contributed by atoms with Crippen LogP contribution < -0.4 is 0 Å². The lowest BCUT2D eigenvalue weighted by atomic mass is 9.77. The third-order valence-electron chi connectivity index (χ3n) is 6.02. The predicted octanol–water partition coefficient (Wildman–Crippen LogP) is 8.35. The molecule has 28 heavy (non-hydrogen) atoms. The highest BCUT2D eigenvalue weighted by molar-refractivity contribution is 6.30. The molecule has 0 aromatic heterocycles. The third-order valence-corrected chi connectivity index (χ3v) is 6.32. The minimum absolute atomic E-state index is 0.0634. The van der Waals surface area contributed by atoms with Gasteiger partial charge in [-0.2, -0.15) is 0 Å². The first-order valence-corrected chi connectivity index (χ1v) is 10.8. The zero-order valence-electron chi connectivity index (χ0n) is 16.4. The van der Waals surface area contributed by atoms with Gasteiger partial charge in [0, 0.05) is 0 Å². The Morgan fingerprint density at radius 3 is 2.11 bits per heavy atom. The first-order chi connectivity index (χ1) is 13.5. The van der Waals surface area contributed by atoms with Crippen molar-refractivity contribution in [2.75, 3.05) is 0 Å². The lowest BCUT2D eigenvalue weighted by Crippen LogP contribution is -2.16. The number of halogens is 4. The zero-order chi connectivity index (χ0) is 20.1. The minimum atomic E-state index is -0.683. The first-order valence-electron chi connectivity index (χ1n) is 10.4. The van der Waals surface area contributed by atoms with Crippen LogP contribution in [0.25, 0.3) is 11.1 Å². The van der Waals surface area contributed by atoms with Gasteiger partial charge in [-0.1, -0.05) is 63.1 Å². The first kappa shape index (κ1) is 21.2. The second-order valence-electron chi connectivity index (χ2n) is 8.15. The van der Waals surface area contributed by atoms with Gasteiger partial charge in [0.2, 0.25) is 0 Å². The summed E-state index contributed by atoms with van der Waals surface area (Å²) in [6.07, 6.45) is 10.6. The summed E-state index contributed by atoms with van der Waals surface area (Å²) in [6.45, 7) is 2.23. The molecule has 0 unspecified atom stereocenters. The van der Waals surface area contributed by atoms with Crippen molar-refractivity contribution in [3.63, 3.8) is 0 Å². The van der Waals surface area contributed by atoms with Crippen molar-refractivity contribution in [3.8, 4) is 11.1 Å². The number of hydrogen-bond acceptors (Lipinski definition) is 0. The molecule has 2 aromatic carbocycles. The molecular formula is C24H28ClF3. The van der Waals surface area contributed by atoms with Gasteiger partial charge in [-0.05, 0) is 66.5 Å². The van der Waals surface area contributed by atoms with E-state index in [-0.39, 0.29) is 16.1 Å². The number of hydrogen-bond donors (Lipinski definition) is 0. The van der Waals surface area contributed by atoms with E-state index < -0.39 is 17.5 Å². The van der Waals surface area contributed by atoms with E-state index in [0.717, 1.165) is 24.8 Å². The highest BCUT2D eigenvalue weighted by Gasteiger charge is 2.22. The van der Waals surface area contributed by atoms with Gasteiger partial charge >= 0.3 is 0 Å². The fraction of sp³-hybridized carbons (Fsp3) is 0.500. The standard InChI is InChI=1S/C24H28ClF3/c1-2-3-4-5-16-6-8-17(9-7-16)12-18-13-22(27)24(23(28)14-18)19-10-11-20(25)21(26)15-19/h10-11,13-17H,2-9,12H2,1H3. The monoisotopic (exact) mass is 408 g/mol. The molecule has 0 radical (unpaired) electrons. The van der Waals surface area contributed by atoms with Crippen LogP contribution in [0.5, 0.6) is 0 Å². The summed E-state index contributed by atoms with van der Waals surface area (Å²) in [4.78, 5) is 0. The Kier molecular flexibility index (Phi) is 7.45. The molecule has 0 nitrogen and oxygen atoms in total. The molecule has 1 fully saturated rings. The van der Waals surface area contributed by atoms with Crippen molar-refractivity contribution in [1.29, 1.82) is 0 Å². The molecule has 1 saturated carbocycles. The van der Waals surface area contributed by atoms with Crippen LogP contribution in [0, 0.1) is 29.3 Å². The van der Waals surface area contributed by atoms with Crippen molar-refractivity contribution in [2.45, 2.75) is 64.7 Å². The molecule has 0 N–H and O–H groups in total. The van der Waals surface area contributed by atoms with Crippen LogP contribution >= 0.6 is 11.6 Å². The predicted molar refractivity (Wildman–Crippen MR) is 110 cm³/mol. The summed E-state index contributed by atoms with van der Waals surface area (Å²) in [5, 5.41) is -0.0634. The van der Waals surface area contributed by atoms with E-state index in [9.17, 15) is 13.2 Å². The summed E-state index contributed by atoms with van der Waals surface area (Å²) >= 11 is 5.66. The fourth-order valence-corrected chi connectivity index (χ4v) is 4.53. The molecule has 0 atom stereocenters. The Hall–Kier alpha value is -1.48. The van der Waals surface area contributed by atoms with Crippen LogP contribution in [0.1, 0.15) is 63.9 Å². The zero-order valence-corrected chi connectivity index (χ0v) is 17.2. The highest BCUT2D eigenvalue weighted by Crippen LogP contribution is 2.35. The summed E-state index contributed by atoms with van der Waals surface area (Å²) in [5.74, 6) is -0.675. The fourth-order valence-electron chi connectivity index (χ4n) is 4.41. The van der Waals surface area contributed by atoms with Gasteiger partial charge in [0.15, 0.2) is 0 Å². The molecular weight excluding hydrogens is 381 g/mol. The van der Waals surface area contributed by atoms with Crippen LogP contribution in [0.15, 0.2) is 30.3 Å². The van der Waals surface area contributed by atoms with Gasteiger partial charge in [0.25, 0.3) is 0 Å². The topological polar surface area (TPSA) is 0 Å². The molecule has 4 heteroatoms. The second-order valence-corrected chi connectivity index (χ2v) is 8.56. The molecule has 1 aliphatic rings. The van der Waals surface area contributed by atoms with Gasteiger partial charge in [0.05, 0.1) is 10.6 Å². The van der Waals surface area contributed by atoms with Gasteiger partial charge in [-0.25, -0.2) is 13.2 Å². The van der Waals surface area contributed by atoms with Crippen molar-refractivity contribution in [2.24, 2.45) is 11.8 Å². The Bertz CT molecular complexity index is 771. The van der Waals surface area contributed by atoms with E-state index in [0.29, 0.717) is 17.9 Å². The molecule has 0 saturated heterocycles. The summed E-state index contributed by atoms with van der Waals surface area (Å²) in [5.41, 5.74) is 0.651. The third kappa shape index (κ3) is 5.31. The van der Waals surface area contributed by atoms with Crippen molar-refractivity contribution < 1.29 is 13.2 Å². The van der Waals surface area contributed by atoms with Crippen LogP contribution in [-0.4, -0.2) is 0 Å². The van der Waals surface area contributed by atoms with Crippen LogP contribution in [0.2, 0.25) is 5.02 Å². The smallest absolute Gasteiger partial charge is 0.142 e. The average Bonchev–Trinajstić information content (AvgIpc) is 2.66. The summed E-state index contributed by atoms with van der Waals surface area (Å²) in [6, 6.07) is 6.63. The largest absolute Gasteiger partial charge is 0.206 e. The Morgan fingerprint density at radius 1 is 0.857 bits per heavy atom. The lowest BCUT2D eigenvalue weighted by Gasteiger charge is -2.28. The quantitative estimate of drug-likeness (QED) is 0.403. The minimum Gasteiger partial charge on any atom is -0.206 e. The number of rotatable bonds is 7. The maximum Gasteiger partial charge on any atom is 0.142 e. The van der Waals surface area contributed by atoms with Crippen LogP contribution in [0.4, 0.5) is 13.2 Å². The highest BCUT2D eigenvalue weighted by atomic mass is 35.5. The maximum absolute atomic E-state index is 14.6. The molecule has 1 aliphatic carbocycles. The molecule has 0 spiro atoms. The molecule has 152 valence electrons. The second kappa shape index (κ2) is 9.82. The normalized spacial score (nSPS) is 19.8. The van der Waals surface area contributed by atoms with Gasteiger partial charge in [0.1, 0.15) is 17.5 Å². The van der Waals surface area contributed by atoms with E-state index >= 15 is 0 Å². The van der Waals surface area contributed by atoms with Crippen LogP contribution in [-0.2, 0) is 6.42 Å². The Labute approximate surface area is 171 Å². The van der Waals surface area contributed by atoms with E-state index in [1.54, 1.807) is 0 Å². The molecule has 0 aliphatic heterocycles. The molecule has 0 heterocycles. The lowest BCUT2D eigenvalue weighted by molar-refractivity contribution is 0.257. The molecule has 2 aromatic rings. The van der Waals surface area contributed by atoms with E-state index in [1.165, 1.54) is 62.8 Å². The van der Waals surface area contributed by atoms with Crippen molar-refractivity contribution in [3.05, 3.63) is 58.4 Å². The summed E-state index contributed by atoms with van der Waals surface area (Å²) in [7, 11) is 0. The number of benzene rings is 2. The Balaban J connectivity index is 1.64. The molecule has 3 rings (SSSR count). The average molecular weight is 409 g/mol.